The van der Waals surface area contributed by atoms with E-state index >= 15 is 0 Å². The molecule has 0 radical (unpaired) electrons. The highest BCUT2D eigenvalue weighted by atomic mass is 19.1. The number of morpholine rings is 1. The number of hydrogen-bond acceptors (Lipinski definition) is 6. The summed E-state index contributed by atoms with van der Waals surface area (Å²) in [5.41, 5.74) is 0.940. The number of nitrogens with zero attached hydrogens (tertiary/aromatic N) is 2. The van der Waals surface area contributed by atoms with Crippen molar-refractivity contribution >= 4 is 17.4 Å². The molecule has 1 amide bonds. The number of rotatable bonds is 8. The minimum atomic E-state index is -0.768. The molecule has 0 aromatic heterocycles. The predicted molar refractivity (Wildman–Crippen MR) is 125 cm³/mol. The second-order valence-corrected chi connectivity index (χ2v) is 8.31. The fraction of sp³-hybridized carbons (Fsp3) is 0.385. The summed E-state index contributed by atoms with van der Waals surface area (Å²) in [6.07, 6.45) is 0.672. The maximum Gasteiger partial charge on any atom is 0.295 e. The van der Waals surface area contributed by atoms with Crippen LogP contribution in [0.5, 0.6) is 5.75 Å². The maximum absolute atomic E-state index is 13.4. The number of benzene rings is 2. The van der Waals surface area contributed by atoms with E-state index in [4.69, 9.17) is 9.47 Å². The molecule has 34 heavy (non-hydrogen) atoms. The van der Waals surface area contributed by atoms with Crippen LogP contribution in [0, 0.1) is 5.82 Å². The smallest absolute Gasteiger partial charge is 0.295 e. The summed E-state index contributed by atoms with van der Waals surface area (Å²) in [4.78, 5) is 30.0. The molecule has 2 aromatic carbocycles. The highest BCUT2D eigenvalue weighted by Gasteiger charge is 2.46. The summed E-state index contributed by atoms with van der Waals surface area (Å²) < 4.78 is 24.4. The van der Waals surface area contributed by atoms with Crippen LogP contribution < -0.4 is 4.74 Å². The Balaban J connectivity index is 1.68. The van der Waals surface area contributed by atoms with Crippen LogP contribution in [0.3, 0.4) is 0 Å². The Morgan fingerprint density at radius 3 is 2.56 bits per heavy atom. The lowest BCUT2D eigenvalue weighted by Gasteiger charge is -2.29. The van der Waals surface area contributed by atoms with E-state index in [1.54, 1.807) is 18.2 Å². The van der Waals surface area contributed by atoms with Crippen molar-refractivity contribution in [3.8, 4) is 5.75 Å². The van der Waals surface area contributed by atoms with Gasteiger partial charge in [0.05, 0.1) is 31.4 Å². The molecule has 2 heterocycles. The van der Waals surface area contributed by atoms with Crippen LogP contribution in [-0.2, 0) is 14.3 Å². The molecule has 2 fully saturated rings. The van der Waals surface area contributed by atoms with E-state index in [0.29, 0.717) is 44.1 Å². The van der Waals surface area contributed by atoms with Gasteiger partial charge in [0.1, 0.15) is 17.3 Å². The third-order valence-electron chi connectivity index (χ3n) is 6.12. The normalized spacial score (nSPS) is 20.6. The van der Waals surface area contributed by atoms with Crippen LogP contribution in [0.2, 0.25) is 0 Å². The Hall–Kier alpha value is -3.23. The first kappa shape index (κ1) is 23.9. The van der Waals surface area contributed by atoms with E-state index in [1.807, 2.05) is 13.0 Å². The van der Waals surface area contributed by atoms with Crippen LogP contribution in [-0.4, -0.2) is 72.6 Å². The summed E-state index contributed by atoms with van der Waals surface area (Å²) in [5.74, 6) is -1.57. The largest absolute Gasteiger partial charge is 0.507 e. The first-order valence-electron chi connectivity index (χ1n) is 11.6. The monoisotopic (exact) mass is 468 g/mol. The first-order chi connectivity index (χ1) is 16.5. The maximum atomic E-state index is 13.4. The van der Waals surface area contributed by atoms with Gasteiger partial charge in [-0.1, -0.05) is 12.1 Å². The zero-order valence-electron chi connectivity index (χ0n) is 19.2. The molecule has 1 N–H and O–H groups in total. The molecule has 0 spiro atoms. The van der Waals surface area contributed by atoms with Gasteiger partial charge < -0.3 is 19.5 Å². The molecule has 2 aromatic rings. The van der Waals surface area contributed by atoms with Crippen LogP contribution >= 0.6 is 0 Å². The number of carbonyl (C=O) groups is 2. The number of aliphatic hydroxyl groups is 1. The number of Topliss-reactive ketones (excluding diaryl/α,β-unsaturated/α-hetero) is 1. The quantitative estimate of drug-likeness (QED) is 0.364. The van der Waals surface area contributed by atoms with Crippen molar-refractivity contribution < 1.29 is 28.6 Å². The number of aliphatic hydroxyl groups excluding tert-OH is 1. The fourth-order valence-electron chi connectivity index (χ4n) is 4.45. The number of hydrogen-bond donors (Lipinski definition) is 1. The van der Waals surface area contributed by atoms with Crippen molar-refractivity contribution in [3.63, 3.8) is 0 Å². The third kappa shape index (κ3) is 5.13. The average molecular weight is 469 g/mol. The van der Waals surface area contributed by atoms with Crippen LogP contribution in [0.15, 0.2) is 54.1 Å². The number of ether oxygens (including phenoxy) is 2. The molecular weight excluding hydrogens is 439 g/mol. The molecule has 7 nitrogen and oxygen atoms in total. The molecule has 0 saturated carbocycles. The van der Waals surface area contributed by atoms with Crippen molar-refractivity contribution in [2.45, 2.75) is 19.4 Å². The van der Waals surface area contributed by atoms with E-state index in [9.17, 15) is 19.1 Å². The van der Waals surface area contributed by atoms with E-state index in [-0.39, 0.29) is 16.9 Å². The Kier molecular flexibility index (Phi) is 7.59. The zero-order chi connectivity index (χ0) is 24.1. The van der Waals surface area contributed by atoms with Crippen molar-refractivity contribution in [2.75, 3.05) is 46.0 Å². The Labute approximate surface area is 198 Å². The van der Waals surface area contributed by atoms with Crippen molar-refractivity contribution in [1.29, 1.82) is 0 Å². The van der Waals surface area contributed by atoms with Gasteiger partial charge in [0.15, 0.2) is 0 Å². The average Bonchev–Trinajstić information content (AvgIpc) is 3.10. The van der Waals surface area contributed by atoms with Crippen LogP contribution in [0.25, 0.3) is 5.76 Å². The SMILES string of the molecule is CCOc1cccc(C2/C(=C(\O)c3ccc(F)cc3)C(=O)C(=O)N2CCCN2CCOCC2)c1. The molecule has 1 unspecified atom stereocenters. The minimum absolute atomic E-state index is 0.00312. The molecule has 180 valence electrons. The summed E-state index contributed by atoms with van der Waals surface area (Å²) in [7, 11) is 0. The number of carbonyl (C=O) groups excluding carboxylic acids is 2. The molecule has 2 aliphatic heterocycles. The molecule has 8 heteroatoms. The van der Waals surface area contributed by atoms with Gasteiger partial charge in [0.2, 0.25) is 0 Å². The molecule has 0 bridgehead atoms. The van der Waals surface area contributed by atoms with Gasteiger partial charge in [-0.3, -0.25) is 14.5 Å². The summed E-state index contributed by atoms with van der Waals surface area (Å²) in [6.45, 7) is 6.52. The van der Waals surface area contributed by atoms with Crippen molar-refractivity contribution in [3.05, 3.63) is 71.0 Å². The van der Waals surface area contributed by atoms with E-state index in [0.717, 1.165) is 19.6 Å². The van der Waals surface area contributed by atoms with Gasteiger partial charge in [-0.25, -0.2) is 4.39 Å². The Morgan fingerprint density at radius 1 is 1.12 bits per heavy atom. The van der Waals surface area contributed by atoms with E-state index in [1.165, 1.54) is 29.2 Å². The second kappa shape index (κ2) is 10.8. The minimum Gasteiger partial charge on any atom is -0.507 e. The van der Waals surface area contributed by atoms with Crippen molar-refractivity contribution in [2.24, 2.45) is 0 Å². The summed E-state index contributed by atoms with van der Waals surface area (Å²) in [5, 5.41) is 11.1. The second-order valence-electron chi connectivity index (χ2n) is 8.31. The number of likely N-dealkylation sites (tertiary alicyclic amines) is 1. The number of halogens is 1. The Morgan fingerprint density at radius 2 is 1.85 bits per heavy atom. The molecule has 0 aliphatic carbocycles. The van der Waals surface area contributed by atoms with Crippen molar-refractivity contribution in [1.82, 2.24) is 9.80 Å². The predicted octanol–water partition coefficient (Wildman–Crippen LogP) is 3.37. The third-order valence-corrected chi connectivity index (χ3v) is 6.12. The molecule has 2 aliphatic rings. The van der Waals surface area contributed by atoms with Crippen LogP contribution in [0.1, 0.15) is 30.5 Å². The van der Waals surface area contributed by atoms with Gasteiger partial charge in [0, 0.05) is 31.7 Å². The molecule has 1 atom stereocenters. The number of amides is 1. The van der Waals surface area contributed by atoms with Gasteiger partial charge in [0.25, 0.3) is 11.7 Å². The van der Waals surface area contributed by atoms with Gasteiger partial charge in [-0.2, -0.15) is 0 Å². The van der Waals surface area contributed by atoms with Gasteiger partial charge >= 0.3 is 0 Å². The van der Waals surface area contributed by atoms with Crippen LogP contribution in [0.4, 0.5) is 4.39 Å². The highest BCUT2D eigenvalue weighted by Crippen LogP contribution is 2.40. The lowest BCUT2D eigenvalue weighted by molar-refractivity contribution is -0.140. The first-order valence-corrected chi connectivity index (χ1v) is 11.6. The lowest BCUT2D eigenvalue weighted by Crippen LogP contribution is -2.38. The highest BCUT2D eigenvalue weighted by molar-refractivity contribution is 6.46. The standard InChI is InChI=1S/C26H29FN2O5/c1-2-34-21-6-3-5-19(17-21)23-22(24(30)18-7-9-20(27)10-8-18)25(31)26(32)29(23)12-4-11-28-13-15-33-16-14-28/h3,5-10,17,23,30H,2,4,11-16H2,1H3/b24-22+. The van der Waals surface area contributed by atoms with Gasteiger partial charge in [-0.15, -0.1) is 0 Å². The zero-order valence-corrected chi connectivity index (χ0v) is 19.2. The molecule has 4 rings (SSSR count). The van der Waals surface area contributed by atoms with Gasteiger partial charge in [-0.05, 0) is 55.3 Å². The lowest BCUT2D eigenvalue weighted by atomic mass is 9.95. The molecule has 2 saturated heterocycles. The van der Waals surface area contributed by atoms with E-state index in [2.05, 4.69) is 4.90 Å². The van der Waals surface area contributed by atoms with E-state index < -0.39 is 23.5 Å². The summed E-state index contributed by atoms with van der Waals surface area (Å²) >= 11 is 0. The fourth-order valence-corrected chi connectivity index (χ4v) is 4.45. The summed E-state index contributed by atoms with van der Waals surface area (Å²) in [6, 6.07) is 11.6. The Bertz CT molecular complexity index is 1060. The number of ketones is 1. The topological polar surface area (TPSA) is 79.3 Å². The molecular formula is C26H29FN2O5.